The summed E-state index contributed by atoms with van der Waals surface area (Å²) in [4.78, 5) is 4.11. The van der Waals surface area contributed by atoms with Crippen LogP contribution in [0, 0.1) is 12.8 Å². The van der Waals surface area contributed by atoms with Crippen LogP contribution in [0.2, 0.25) is 0 Å². The van der Waals surface area contributed by atoms with E-state index >= 15 is 0 Å². The smallest absolute Gasteiger partial charge is 0.223 e. The zero-order chi connectivity index (χ0) is 10.4. The third-order valence-corrected chi connectivity index (χ3v) is 2.13. The van der Waals surface area contributed by atoms with E-state index in [1.807, 2.05) is 0 Å². The van der Waals surface area contributed by atoms with Gasteiger partial charge >= 0.3 is 0 Å². The summed E-state index contributed by atoms with van der Waals surface area (Å²) >= 11 is 0. The summed E-state index contributed by atoms with van der Waals surface area (Å²) in [7, 11) is 0. The molecule has 4 heteroatoms. The van der Waals surface area contributed by atoms with E-state index < -0.39 is 0 Å². The summed E-state index contributed by atoms with van der Waals surface area (Å²) < 4.78 is 4.87. The van der Waals surface area contributed by atoms with Gasteiger partial charge in [-0.25, -0.2) is 0 Å². The number of aromatic nitrogens is 2. The topological polar surface area (TPSA) is 51.0 Å². The van der Waals surface area contributed by atoms with Crippen LogP contribution in [-0.4, -0.2) is 16.7 Å². The second-order valence-electron chi connectivity index (χ2n) is 3.75. The molecule has 0 fully saturated rings. The first-order chi connectivity index (χ1) is 6.72. The van der Waals surface area contributed by atoms with E-state index in [1.54, 1.807) is 6.92 Å². The molecule has 0 saturated carbocycles. The summed E-state index contributed by atoms with van der Waals surface area (Å²) in [6.45, 7) is 7.97. The highest BCUT2D eigenvalue weighted by molar-refractivity contribution is 4.82. The van der Waals surface area contributed by atoms with Crippen molar-refractivity contribution in [3.63, 3.8) is 0 Å². The van der Waals surface area contributed by atoms with E-state index in [2.05, 4.69) is 29.3 Å². The number of hydrogen-bond donors (Lipinski definition) is 1. The fourth-order valence-corrected chi connectivity index (χ4v) is 1.44. The van der Waals surface area contributed by atoms with Gasteiger partial charge in [0.15, 0.2) is 5.82 Å². The van der Waals surface area contributed by atoms with E-state index in [1.165, 1.54) is 12.8 Å². The van der Waals surface area contributed by atoms with Crippen molar-refractivity contribution in [1.82, 2.24) is 15.5 Å². The highest BCUT2D eigenvalue weighted by Crippen LogP contribution is 2.03. The maximum Gasteiger partial charge on any atom is 0.223 e. The van der Waals surface area contributed by atoms with Crippen molar-refractivity contribution in [1.29, 1.82) is 0 Å². The molecule has 1 atom stereocenters. The van der Waals surface area contributed by atoms with Crippen LogP contribution in [0.3, 0.4) is 0 Å². The van der Waals surface area contributed by atoms with Crippen LogP contribution in [0.15, 0.2) is 4.52 Å². The quantitative estimate of drug-likeness (QED) is 0.756. The fraction of sp³-hybridized carbons (Fsp3) is 0.800. The van der Waals surface area contributed by atoms with Gasteiger partial charge in [-0.15, -0.1) is 0 Å². The van der Waals surface area contributed by atoms with Crippen LogP contribution in [-0.2, 0) is 6.54 Å². The largest absolute Gasteiger partial charge is 0.340 e. The number of nitrogens with one attached hydrogen (secondary N) is 1. The first kappa shape index (κ1) is 11.2. The van der Waals surface area contributed by atoms with Gasteiger partial charge in [0.1, 0.15) is 0 Å². The molecule has 1 N–H and O–H groups in total. The van der Waals surface area contributed by atoms with Crippen molar-refractivity contribution >= 4 is 0 Å². The van der Waals surface area contributed by atoms with Crippen molar-refractivity contribution in [3.05, 3.63) is 11.7 Å². The number of hydrogen-bond acceptors (Lipinski definition) is 4. The first-order valence-electron chi connectivity index (χ1n) is 5.22. The van der Waals surface area contributed by atoms with Gasteiger partial charge < -0.3 is 9.84 Å². The van der Waals surface area contributed by atoms with Gasteiger partial charge in [-0.3, -0.25) is 0 Å². The maximum absolute atomic E-state index is 4.87. The Morgan fingerprint density at radius 1 is 1.50 bits per heavy atom. The van der Waals surface area contributed by atoms with E-state index in [9.17, 15) is 0 Å². The van der Waals surface area contributed by atoms with Gasteiger partial charge in [-0.1, -0.05) is 25.4 Å². The van der Waals surface area contributed by atoms with Crippen molar-refractivity contribution in [3.8, 4) is 0 Å². The van der Waals surface area contributed by atoms with Crippen molar-refractivity contribution < 1.29 is 4.52 Å². The summed E-state index contributed by atoms with van der Waals surface area (Å²) in [6.07, 6.45) is 2.50. The zero-order valence-corrected chi connectivity index (χ0v) is 9.21. The molecule has 1 aromatic rings. The van der Waals surface area contributed by atoms with Crippen LogP contribution in [0.25, 0.3) is 0 Å². The molecule has 1 aromatic heterocycles. The summed E-state index contributed by atoms with van der Waals surface area (Å²) in [5, 5.41) is 7.12. The molecule has 4 nitrogen and oxygen atoms in total. The predicted octanol–water partition coefficient (Wildman–Crippen LogP) is 1.90. The summed E-state index contributed by atoms with van der Waals surface area (Å²) in [5.41, 5.74) is 0. The monoisotopic (exact) mass is 197 g/mol. The van der Waals surface area contributed by atoms with E-state index in [4.69, 9.17) is 4.52 Å². The minimum atomic E-state index is 0.628. The second-order valence-corrected chi connectivity index (χ2v) is 3.75. The molecule has 1 heterocycles. The van der Waals surface area contributed by atoms with E-state index in [0.29, 0.717) is 18.4 Å². The van der Waals surface area contributed by atoms with Crippen LogP contribution < -0.4 is 5.32 Å². The number of nitrogens with zero attached hydrogens (tertiary/aromatic N) is 2. The molecular formula is C10H19N3O. The Morgan fingerprint density at radius 2 is 2.29 bits per heavy atom. The minimum Gasteiger partial charge on any atom is -0.340 e. The van der Waals surface area contributed by atoms with Gasteiger partial charge in [0.2, 0.25) is 5.89 Å². The van der Waals surface area contributed by atoms with Crippen LogP contribution in [0.1, 0.15) is 38.4 Å². The Hall–Kier alpha value is -0.900. The molecular weight excluding hydrogens is 178 g/mol. The first-order valence-corrected chi connectivity index (χ1v) is 5.22. The number of rotatable bonds is 6. The molecule has 0 amide bonds. The maximum atomic E-state index is 4.87. The lowest BCUT2D eigenvalue weighted by molar-refractivity contribution is 0.383. The van der Waals surface area contributed by atoms with Gasteiger partial charge in [-0.2, -0.15) is 4.98 Å². The lowest BCUT2D eigenvalue weighted by atomic mass is 10.1. The molecule has 0 aliphatic carbocycles. The Morgan fingerprint density at radius 3 is 2.86 bits per heavy atom. The average molecular weight is 197 g/mol. The van der Waals surface area contributed by atoms with Crippen LogP contribution in [0.5, 0.6) is 0 Å². The Bertz CT molecular complexity index is 260. The van der Waals surface area contributed by atoms with Crippen molar-refractivity contribution in [2.24, 2.45) is 5.92 Å². The van der Waals surface area contributed by atoms with Gasteiger partial charge in [0.05, 0.1) is 6.54 Å². The SMILES string of the molecule is CCCC(C)CNCc1noc(C)n1. The molecule has 0 spiro atoms. The van der Waals surface area contributed by atoms with Crippen molar-refractivity contribution in [2.45, 2.75) is 40.2 Å². The molecule has 80 valence electrons. The zero-order valence-electron chi connectivity index (χ0n) is 9.21. The predicted molar refractivity (Wildman–Crippen MR) is 54.8 cm³/mol. The molecule has 0 radical (unpaired) electrons. The standard InChI is InChI=1S/C10H19N3O/c1-4-5-8(2)6-11-7-10-12-9(3)14-13-10/h8,11H,4-7H2,1-3H3. The molecule has 0 aliphatic rings. The third-order valence-electron chi connectivity index (χ3n) is 2.13. The Balaban J connectivity index is 2.15. The fourth-order valence-electron chi connectivity index (χ4n) is 1.44. The molecule has 14 heavy (non-hydrogen) atoms. The highest BCUT2D eigenvalue weighted by Gasteiger charge is 2.03. The lowest BCUT2D eigenvalue weighted by Gasteiger charge is -2.09. The van der Waals surface area contributed by atoms with Gasteiger partial charge in [0.25, 0.3) is 0 Å². The van der Waals surface area contributed by atoms with E-state index in [0.717, 1.165) is 12.4 Å². The summed E-state index contributed by atoms with van der Waals surface area (Å²) in [5.74, 6) is 2.09. The Kier molecular flexibility index (Phi) is 4.59. The third kappa shape index (κ3) is 3.87. The van der Waals surface area contributed by atoms with Gasteiger partial charge in [-0.05, 0) is 18.9 Å². The second kappa shape index (κ2) is 5.75. The van der Waals surface area contributed by atoms with Crippen LogP contribution >= 0.6 is 0 Å². The minimum absolute atomic E-state index is 0.628. The normalized spacial score (nSPS) is 13.1. The molecule has 0 aromatic carbocycles. The molecule has 0 saturated heterocycles. The highest BCUT2D eigenvalue weighted by atomic mass is 16.5. The molecule has 0 bridgehead atoms. The lowest BCUT2D eigenvalue weighted by Crippen LogP contribution is -2.21. The molecule has 1 unspecified atom stereocenters. The van der Waals surface area contributed by atoms with Gasteiger partial charge in [0, 0.05) is 6.92 Å². The Labute approximate surface area is 85.1 Å². The molecule has 0 aliphatic heterocycles. The van der Waals surface area contributed by atoms with Crippen molar-refractivity contribution in [2.75, 3.05) is 6.54 Å². The molecule has 1 rings (SSSR count). The van der Waals surface area contributed by atoms with E-state index in [-0.39, 0.29) is 0 Å². The number of aryl methyl sites for hydroxylation is 1. The summed E-state index contributed by atoms with van der Waals surface area (Å²) in [6, 6.07) is 0. The average Bonchev–Trinajstić information content (AvgIpc) is 2.52. The van der Waals surface area contributed by atoms with Crippen LogP contribution in [0.4, 0.5) is 0 Å².